The normalized spacial score (nSPS) is 18.1. The summed E-state index contributed by atoms with van der Waals surface area (Å²) in [6.45, 7) is 5.51. The molecule has 2 heterocycles. The molecule has 2 aromatic carbocycles. The monoisotopic (exact) mass is 572 g/mol. The Morgan fingerprint density at radius 2 is 1.68 bits per heavy atom. The third-order valence-corrected chi connectivity index (χ3v) is 8.22. The molecule has 214 valence electrons. The molecule has 0 bridgehead atoms. The van der Waals surface area contributed by atoms with Crippen LogP contribution in [-0.2, 0) is 21.4 Å². The van der Waals surface area contributed by atoms with Gasteiger partial charge in [-0.05, 0) is 37.6 Å². The van der Waals surface area contributed by atoms with Crippen LogP contribution in [0, 0.1) is 5.82 Å². The first-order valence-corrected chi connectivity index (χ1v) is 14.6. The van der Waals surface area contributed by atoms with Gasteiger partial charge in [-0.2, -0.15) is 0 Å². The lowest BCUT2D eigenvalue weighted by Gasteiger charge is -2.44. The minimum Gasteiger partial charge on any atom is -0.496 e. The Bertz CT molecular complexity index is 1580. The molecule has 0 N–H and O–H groups in total. The number of amides is 2. The fourth-order valence-corrected chi connectivity index (χ4v) is 5.82. The van der Waals surface area contributed by atoms with E-state index in [1.807, 2.05) is 13.8 Å². The molecule has 1 fully saturated rings. The van der Waals surface area contributed by atoms with Gasteiger partial charge < -0.3 is 14.5 Å². The van der Waals surface area contributed by atoms with Crippen molar-refractivity contribution in [3.8, 4) is 5.75 Å². The van der Waals surface area contributed by atoms with Gasteiger partial charge in [0.05, 0.1) is 30.0 Å². The molecule has 0 saturated carbocycles. The van der Waals surface area contributed by atoms with E-state index < -0.39 is 21.7 Å². The Balaban J connectivity index is 1.72. The fourth-order valence-electron chi connectivity index (χ4n) is 5.01. The van der Waals surface area contributed by atoms with Gasteiger partial charge in [0.15, 0.2) is 0 Å². The molecule has 2 atom stereocenters. The van der Waals surface area contributed by atoms with Crippen LogP contribution in [0.25, 0.3) is 10.9 Å². The number of piperazine rings is 1. The number of likely N-dealkylation sites (N-methyl/N-ethyl adjacent to an activating group) is 1. The average Bonchev–Trinajstić information content (AvgIpc) is 3.28. The van der Waals surface area contributed by atoms with Crippen molar-refractivity contribution in [3.05, 3.63) is 65.1 Å². The van der Waals surface area contributed by atoms with E-state index in [-0.39, 0.29) is 51.6 Å². The van der Waals surface area contributed by atoms with Crippen LogP contribution in [0.4, 0.5) is 4.39 Å². The molecule has 12 heteroatoms. The van der Waals surface area contributed by atoms with E-state index in [1.165, 1.54) is 45.5 Å². The lowest BCUT2D eigenvalue weighted by atomic mass is 10.0. The summed E-state index contributed by atoms with van der Waals surface area (Å²) >= 11 is 0. The summed E-state index contributed by atoms with van der Waals surface area (Å²) in [5.74, 6) is -2.21. The maximum Gasteiger partial charge on any atom is 0.294 e. The van der Waals surface area contributed by atoms with Gasteiger partial charge in [-0.3, -0.25) is 19.3 Å². The van der Waals surface area contributed by atoms with E-state index in [2.05, 4.69) is 4.90 Å². The number of fused-ring (bicyclic) bond motifs is 1. The zero-order valence-electron chi connectivity index (χ0n) is 23.3. The summed E-state index contributed by atoms with van der Waals surface area (Å²) in [5, 5.41) is 0.158. The van der Waals surface area contributed by atoms with Crippen molar-refractivity contribution in [2.24, 2.45) is 0 Å². The molecule has 1 aromatic heterocycles. The van der Waals surface area contributed by atoms with Crippen LogP contribution < -0.4 is 4.74 Å². The summed E-state index contributed by atoms with van der Waals surface area (Å²) in [7, 11) is 0.366. The first kappa shape index (κ1) is 29.2. The van der Waals surface area contributed by atoms with Crippen LogP contribution in [0.2, 0.25) is 0 Å². The molecule has 0 aliphatic carbocycles. The Kier molecular flexibility index (Phi) is 8.04. The van der Waals surface area contributed by atoms with Crippen LogP contribution in [0.15, 0.2) is 42.6 Å². The molecule has 1 aliphatic rings. The molecule has 10 nitrogen and oxygen atoms in total. The van der Waals surface area contributed by atoms with Gasteiger partial charge in [-0.15, -0.1) is 0 Å². The average molecular weight is 573 g/mol. The smallest absolute Gasteiger partial charge is 0.294 e. The van der Waals surface area contributed by atoms with Crippen molar-refractivity contribution in [1.29, 1.82) is 0 Å². The highest BCUT2D eigenvalue weighted by Gasteiger charge is 2.35. The summed E-state index contributed by atoms with van der Waals surface area (Å²) in [6.07, 6.45) is 2.09. The summed E-state index contributed by atoms with van der Waals surface area (Å²) in [6, 6.07) is 8.96. The van der Waals surface area contributed by atoms with Crippen molar-refractivity contribution >= 4 is 38.5 Å². The largest absolute Gasteiger partial charge is 0.496 e. The third kappa shape index (κ3) is 5.59. The number of hydrogen-bond donors (Lipinski definition) is 0. The van der Waals surface area contributed by atoms with Crippen molar-refractivity contribution < 1.29 is 31.9 Å². The lowest BCUT2D eigenvalue weighted by Crippen LogP contribution is -2.57. The van der Waals surface area contributed by atoms with E-state index >= 15 is 0 Å². The number of hydrogen-bond acceptors (Lipinski definition) is 7. The Hall–Kier alpha value is -3.77. The number of ether oxygens (including phenoxy) is 1. The first-order chi connectivity index (χ1) is 18.7. The predicted octanol–water partition coefficient (Wildman–Crippen LogP) is 2.60. The second kappa shape index (κ2) is 11.0. The zero-order valence-corrected chi connectivity index (χ0v) is 24.2. The Morgan fingerprint density at radius 3 is 2.25 bits per heavy atom. The molecule has 1 saturated heterocycles. The second-order valence-corrected chi connectivity index (χ2v) is 12.3. The van der Waals surface area contributed by atoms with E-state index in [0.29, 0.717) is 19.6 Å². The summed E-state index contributed by atoms with van der Waals surface area (Å²) < 4.78 is 44.8. The number of aromatic nitrogens is 1. The van der Waals surface area contributed by atoms with E-state index in [0.717, 1.165) is 26.9 Å². The van der Waals surface area contributed by atoms with Crippen molar-refractivity contribution in [3.63, 3.8) is 0 Å². The SMILES string of the molecule is COc1cc2c(cc1C(=O)N1C[C@H](C)N(Cc3ccc(F)cc3)C[C@@H]1C)c(C(=O)C(=O)N(C)C)cn2S(C)(=O)=O. The van der Waals surface area contributed by atoms with Crippen LogP contribution in [0.5, 0.6) is 5.75 Å². The third-order valence-electron chi connectivity index (χ3n) is 7.20. The van der Waals surface area contributed by atoms with Crippen molar-refractivity contribution in [2.45, 2.75) is 32.5 Å². The number of methoxy groups -OCH3 is 1. The molecule has 3 aromatic rings. The van der Waals surface area contributed by atoms with Gasteiger partial charge in [0, 0.05) is 63.5 Å². The van der Waals surface area contributed by atoms with E-state index in [1.54, 1.807) is 17.0 Å². The van der Waals surface area contributed by atoms with Crippen molar-refractivity contribution in [2.75, 3.05) is 40.6 Å². The molecule has 0 radical (unpaired) electrons. The van der Waals surface area contributed by atoms with E-state index in [4.69, 9.17) is 4.74 Å². The quantitative estimate of drug-likeness (QED) is 0.316. The van der Waals surface area contributed by atoms with Crippen LogP contribution in [0.3, 0.4) is 0 Å². The maximum absolute atomic E-state index is 13.9. The highest BCUT2D eigenvalue weighted by Crippen LogP contribution is 2.33. The molecule has 40 heavy (non-hydrogen) atoms. The molecule has 1 aliphatic heterocycles. The van der Waals surface area contributed by atoms with Gasteiger partial charge in [-0.25, -0.2) is 16.8 Å². The standard InChI is InChI=1S/C28H33FN4O6S/c1-17-14-32(18(2)13-31(17)15-19-7-9-20(29)10-8-19)27(35)22-11-21-23(26(34)28(36)30(3)4)16-33(40(6,37)38)24(21)12-25(22)39-5/h7-12,16-18H,13-15H2,1-6H3/t17-,18-/m0/s1. The Labute approximate surface area is 232 Å². The number of carbonyl (C=O) groups is 3. The van der Waals surface area contributed by atoms with Crippen LogP contribution in [-0.4, -0.2) is 97.3 Å². The summed E-state index contributed by atoms with van der Waals surface area (Å²) in [5.41, 5.74) is 1.11. The van der Waals surface area contributed by atoms with Gasteiger partial charge >= 0.3 is 0 Å². The van der Waals surface area contributed by atoms with Crippen LogP contribution >= 0.6 is 0 Å². The van der Waals surface area contributed by atoms with Crippen LogP contribution in [0.1, 0.15) is 40.1 Å². The number of ketones is 1. The fraction of sp³-hybridized carbons (Fsp3) is 0.393. The minimum absolute atomic E-state index is 0.0129. The number of nitrogens with zero attached hydrogens (tertiary/aromatic N) is 4. The molecule has 4 rings (SSSR count). The van der Waals surface area contributed by atoms with Gasteiger partial charge in [0.25, 0.3) is 17.6 Å². The van der Waals surface area contributed by atoms with Gasteiger partial charge in [0.2, 0.25) is 10.0 Å². The second-order valence-electron chi connectivity index (χ2n) is 10.4. The minimum atomic E-state index is -3.85. The van der Waals surface area contributed by atoms with E-state index in [9.17, 15) is 27.2 Å². The molecule has 0 unspecified atom stereocenters. The number of Topliss-reactive ketones (excluding diaryl/α,β-unsaturated/α-hetero) is 1. The highest BCUT2D eigenvalue weighted by molar-refractivity contribution is 7.89. The van der Waals surface area contributed by atoms with Gasteiger partial charge in [0.1, 0.15) is 11.6 Å². The Morgan fingerprint density at radius 1 is 1.02 bits per heavy atom. The lowest BCUT2D eigenvalue weighted by molar-refractivity contribution is -0.124. The first-order valence-electron chi connectivity index (χ1n) is 12.7. The topological polar surface area (TPSA) is 109 Å². The predicted molar refractivity (Wildman–Crippen MR) is 149 cm³/mol. The molecule has 0 spiro atoms. The molecule has 2 amide bonds. The number of carbonyl (C=O) groups excluding carboxylic acids is 3. The number of halogens is 1. The zero-order chi connectivity index (χ0) is 29.5. The number of benzene rings is 2. The summed E-state index contributed by atoms with van der Waals surface area (Å²) in [4.78, 5) is 44.5. The van der Waals surface area contributed by atoms with Crippen molar-refractivity contribution in [1.82, 2.24) is 18.7 Å². The van der Waals surface area contributed by atoms with Gasteiger partial charge in [-0.1, -0.05) is 12.1 Å². The molecular weight excluding hydrogens is 539 g/mol. The highest BCUT2D eigenvalue weighted by atomic mass is 32.2. The number of rotatable bonds is 7. The maximum atomic E-state index is 13.9. The molecular formula is C28H33FN4O6S.